The molecule has 1 fully saturated rings. The van der Waals surface area contributed by atoms with Crippen molar-refractivity contribution in [3.8, 4) is 0 Å². The SMILES string of the molecule is C=CCC(CC=C)(CC=C)CCC(=O)CC(F)(F)COCC(F)(F)OC(F)(F)CC(F)(F)COC1CCC1(F)OCC(F)(F)CC(F)(F)OC(F)(F)COCC(F)(F)CC(=O)CCC(CC=C)(CC=C)CC=C. The number of rotatable bonds is 44. The molecule has 0 aromatic carbocycles. The summed E-state index contributed by atoms with van der Waals surface area (Å²) in [7, 11) is 0. The van der Waals surface area contributed by atoms with Gasteiger partial charge in [-0.2, -0.15) is 35.1 Å². The van der Waals surface area contributed by atoms with Crippen molar-refractivity contribution in [2.24, 2.45) is 10.8 Å². The number of alkyl halides is 17. The van der Waals surface area contributed by atoms with E-state index in [1.807, 2.05) is 0 Å². The van der Waals surface area contributed by atoms with E-state index in [-0.39, 0.29) is 25.7 Å². The van der Waals surface area contributed by atoms with E-state index in [2.05, 4.69) is 67.9 Å². The standard InChI is InChI=1S/C48H63F17O8/c1-7-16-38(17-8-2,18-9-3)22-13-35(66)25-40(49,50)29-68-33-47(62,63)72-45(58,59)27-42(53,54)31-70-37-15-24-44(37,57)71-32-43(55,56)28-46(60,61)73-48(64,65)34-69-30-41(51,52)26-36(67)14-23-39(19-10-4,20-11-5)21-12-6/h7-12,37H,1-6,13-34H2. The van der Waals surface area contributed by atoms with Crippen LogP contribution in [0.15, 0.2) is 75.9 Å². The van der Waals surface area contributed by atoms with Crippen LogP contribution >= 0.6 is 0 Å². The topological polar surface area (TPSA) is 89.5 Å². The van der Waals surface area contributed by atoms with Crippen LogP contribution in [0.25, 0.3) is 0 Å². The molecule has 0 heterocycles. The van der Waals surface area contributed by atoms with Gasteiger partial charge in [0.1, 0.15) is 70.2 Å². The highest BCUT2D eigenvalue weighted by Gasteiger charge is 2.57. The number of halogens is 17. The molecular formula is C48H63F17O8. The van der Waals surface area contributed by atoms with Crippen LogP contribution in [0.5, 0.6) is 0 Å². The first-order chi connectivity index (χ1) is 33.3. The summed E-state index contributed by atoms with van der Waals surface area (Å²) in [5.74, 6) is -23.5. The Labute approximate surface area is 413 Å². The van der Waals surface area contributed by atoms with Gasteiger partial charge >= 0.3 is 24.4 Å². The Bertz CT molecular complexity index is 1760. The Morgan fingerprint density at radius 3 is 1.10 bits per heavy atom. The molecule has 1 rings (SSSR count). The molecule has 0 aliphatic heterocycles. The maximum Gasteiger partial charge on any atom is 0.383 e. The van der Waals surface area contributed by atoms with Gasteiger partial charge in [-0.25, -0.2) is 39.5 Å². The summed E-state index contributed by atoms with van der Waals surface area (Å²) in [6, 6.07) is 0. The molecule has 0 N–H and O–H groups in total. The first-order valence-electron chi connectivity index (χ1n) is 22.5. The molecule has 0 aromatic heterocycles. The fourth-order valence-corrected chi connectivity index (χ4v) is 7.84. The minimum Gasteiger partial charge on any atom is -0.366 e. The molecule has 0 aromatic rings. The van der Waals surface area contributed by atoms with Gasteiger partial charge in [0.15, 0.2) is 0 Å². The van der Waals surface area contributed by atoms with Crippen LogP contribution in [0.2, 0.25) is 0 Å². The van der Waals surface area contributed by atoms with Crippen molar-refractivity contribution < 1.29 is 113 Å². The van der Waals surface area contributed by atoms with E-state index in [9.17, 15) is 79.8 Å². The molecule has 8 nitrogen and oxygen atoms in total. The molecule has 0 saturated heterocycles. The molecule has 0 bridgehead atoms. The lowest BCUT2D eigenvalue weighted by Gasteiger charge is -2.43. The fourth-order valence-electron chi connectivity index (χ4n) is 7.84. The Morgan fingerprint density at radius 1 is 0.466 bits per heavy atom. The average molecular weight is 1090 g/mol. The molecule has 1 aliphatic rings. The van der Waals surface area contributed by atoms with Crippen molar-refractivity contribution in [3.63, 3.8) is 0 Å². The van der Waals surface area contributed by atoms with Crippen molar-refractivity contribution in [2.45, 2.75) is 163 Å². The van der Waals surface area contributed by atoms with Gasteiger partial charge in [-0.15, -0.1) is 39.5 Å². The minimum atomic E-state index is -5.51. The van der Waals surface area contributed by atoms with E-state index >= 15 is 4.39 Å². The maximum atomic E-state index is 15.1. The van der Waals surface area contributed by atoms with Crippen molar-refractivity contribution in [1.29, 1.82) is 0 Å². The molecule has 25 heteroatoms. The van der Waals surface area contributed by atoms with E-state index in [1.54, 1.807) is 36.5 Å². The monoisotopic (exact) mass is 1090 g/mol. The van der Waals surface area contributed by atoms with Gasteiger partial charge in [-0.1, -0.05) is 36.5 Å². The molecule has 2 unspecified atom stereocenters. The fraction of sp³-hybridized carbons (Fsp3) is 0.708. The van der Waals surface area contributed by atoms with E-state index in [0.717, 1.165) is 0 Å². The Morgan fingerprint density at radius 2 is 0.795 bits per heavy atom. The maximum absolute atomic E-state index is 15.1. The van der Waals surface area contributed by atoms with Gasteiger partial charge in [-0.05, 0) is 68.6 Å². The smallest absolute Gasteiger partial charge is 0.366 e. The molecule has 1 saturated carbocycles. The van der Waals surface area contributed by atoms with Gasteiger partial charge in [-0.3, -0.25) is 19.1 Å². The lowest BCUT2D eigenvalue weighted by Crippen LogP contribution is -2.54. The highest BCUT2D eigenvalue weighted by Crippen LogP contribution is 2.45. The van der Waals surface area contributed by atoms with Gasteiger partial charge in [0.2, 0.25) is 5.85 Å². The Hall–Kier alpha value is -3.65. The number of hydrogen-bond acceptors (Lipinski definition) is 8. The van der Waals surface area contributed by atoms with Gasteiger partial charge in [0.05, 0.1) is 12.8 Å². The molecule has 73 heavy (non-hydrogen) atoms. The first kappa shape index (κ1) is 67.4. The summed E-state index contributed by atoms with van der Waals surface area (Å²) in [6.07, 6.45) is -23.2. The van der Waals surface area contributed by atoms with Crippen molar-refractivity contribution in [3.05, 3.63) is 75.9 Å². The predicted octanol–water partition coefficient (Wildman–Crippen LogP) is 14.5. The van der Waals surface area contributed by atoms with Gasteiger partial charge in [0.25, 0.3) is 23.7 Å². The highest BCUT2D eigenvalue weighted by molar-refractivity contribution is 5.79. The number of carbonyl (C=O) groups is 2. The summed E-state index contributed by atoms with van der Waals surface area (Å²) < 4.78 is 267. The van der Waals surface area contributed by atoms with E-state index in [1.165, 1.54) is 0 Å². The number of hydrogen-bond donors (Lipinski definition) is 0. The van der Waals surface area contributed by atoms with Crippen LogP contribution in [0.4, 0.5) is 74.6 Å². The van der Waals surface area contributed by atoms with Crippen molar-refractivity contribution in [2.75, 3.05) is 39.6 Å². The largest absolute Gasteiger partial charge is 0.383 e. The van der Waals surface area contributed by atoms with Crippen LogP contribution in [-0.2, 0) is 38.0 Å². The number of allylic oxidation sites excluding steroid dienone is 6. The molecule has 0 radical (unpaired) electrons. The third-order valence-electron chi connectivity index (χ3n) is 11.2. The first-order valence-corrected chi connectivity index (χ1v) is 22.5. The second-order valence-corrected chi connectivity index (χ2v) is 18.3. The third-order valence-corrected chi connectivity index (χ3v) is 11.2. The summed E-state index contributed by atoms with van der Waals surface area (Å²) >= 11 is 0. The van der Waals surface area contributed by atoms with Crippen LogP contribution < -0.4 is 0 Å². The molecule has 1 aliphatic carbocycles. The van der Waals surface area contributed by atoms with Crippen LogP contribution in [0.3, 0.4) is 0 Å². The third kappa shape index (κ3) is 26.1. The Kier molecular flexibility index (Phi) is 25.8. The molecule has 0 spiro atoms. The predicted molar refractivity (Wildman–Crippen MR) is 233 cm³/mol. The number of carbonyl (C=O) groups excluding carboxylic acids is 2. The lowest BCUT2D eigenvalue weighted by atomic mass is 9.74. The molecule has 0 amide bonds. The zero-order valence-electron chi connectivity index (χ0n) is 40.0. The summed E-state index contributed by atoms with van der Waals surface area (Å²) in [6.45, 7) is 8.60. The Balaban J connectivity index is 2.68. The number of ketones is 2. The summed E-state index contributed by atoms with van der Waals surface area (Å²) in [4.78, 5) is 24.6. The normalized spacial score (nSPS) is 17.7. The van der Waals surface area contributed by atoms with E-state index in [4.69, 9.17) is 0 Å². The van der Waals surface area contributed by atoms with Crippen LogP contribution in [0, 0.1) is 10.8 Å². The molecule has 422 valence electrons. The van der Waals surface area contributed by atoms with Crippen LogP contribution in [0.1, 0.15) is 103 Å². The zero-order valence-corrected chi connectivity index (χ0v) is 40.0. The number of ether oxygens (including phenoxy) is 6. The second-order valence-electron chi connectivity index (χ2n) is 18.3. The van der Waals surface area contributed by atoms with Crippen molar-refractivity contribution in [1.82, 2.24) is 0 Å². The van der Waals surface area contributed by atoms with Crippen LogP contribution in [-0.4, -0.2) is 111 Å². The van der Waals surface area contributed by atoms with Crippen molar-refractivity contribution >= 4 is 11.6 Å². The second kappa shape index (κ2) is 27.9. The molecular weight excluding hydrogens is 1030 g/mol. The quantitative estimate of drug-likeness (QED) is 0.0440. The van der Waals surface area contributed by atoms with Gasteiger partial charge in [0, 0.05) is 19.3 Å². The summed E-state index contributed by atoms with van der Waals surface area (Å²) in [5, 5.41) is 0. The number of Topliss-reactive ketones (excluding diaryl/α,β-unsaturated/α-hetero) is 2. The minimum absolute atomic E-state index is 0.0931. The lowest BCUT2D eigenvalue weighted by molar-refractivity contribution is -0.401. The summed E-state index contributed by atoms with van der Waals surface area (Å²) in [5.41, 5.74) is -1.22. The molecule has 2 atom stereocenters. The zero-order chi connectivity index (χ0) is 56.3. The van der Waals surface area contributed by atoms with E-state index in [0.29, 0.717) is 38.5 Å². The highest BCUT2D eigenvalue weighted by atomic mass is 19.3. The van der Waals surface area contributed by atoms with E-state index < -0.39 is 161 Å². The average Bonchev–Trinajstić information content (AvgIpc) is 3.19. The van der Waals surface area contributed by atoms with Gasteiger partial charge < -0.3 is 18.9 Å².